The van der Waals surface area contributed by atoms with Crippen LogP contribution in [0.2, 0.25) is 0 Å². The van der Waals surface area contributed by atoms with E-state index in [1.165, 1.54) is 6.08 Å². The molecule has 0 aliphatic carbocycles. The first-order valence-corrected chi connectivity index (χ1v) is 8.02. The van der Waals surface area contributed by atoms with Crippen molar-refractivity contribution in [3.05, 3.63) is 17.3 Å². The highest BCUT2D eigenvalue weighted by atomic mass is 32.2. The van der Waals surface area contributed by atoms with Gasteiger partial charge in [-0.25, -0.2) is 13.2 Å². The van der Waals surface area contributed by atoms with Gasteiger partial charge < -0.3 is 10.0 Å². The van der Waals surface area contributed by atoms with Crippen LogP contribution in [0.5, 0.6) is 0 Å². The molecule has 0 saturated carbocycles. The van der Waals surface area contributed by atoms with E-state index in [0.29, 0.717) is 24.3 Å². The lowest BCUT2D eigenvalue weighted by molar-refractivity contribution is -0.131. The van der Waals surface area contributed by atoms with Gasteiger partial charge in [0.05, 0.1) is 17.2 Å². The van der Waals surface area contributed by atoms with Crippen LogP contribution in [0.1, 0.15) is 11.3 Å². The molecule has 1 aliphatic heterocycles. The Kier molecular flexibility index (Phi) is 3.85. The summed E-state index contributed by atoms with van der Waals surface area (Å²) in [6.07, 6.45) is 2.57. The number of rotatable bonds is 3. The number of carboxylic acid groups (broad SMARTS) is 1. The van der Waals surface area contributed by atoms with E-state index in [9.17, 15) is 13.2 Å². The maximum absolute atomic E-state index is 11.5. The maximum atomic E-state index is 11.5. The highest BCUT2D eigenvalue weighted by Gasteiger charge is 2.25. The highest BCUT2D eigenvalue weighted by Crippen LogP contribution is 2.26. The number of aliphatic carboxylic acids is 1. The normalized spacial score (nSPS) is 18.6. The van der Waals surface area contributed by atoms with Crippen LogP contribution in [-0.4, -0.2) is 53.9 Å². The molecule has 2 heterocycles. The second-order valence-electron chi connectivity index (χ2n) is 4.76. The number of hydrogen-bond donors (Lipinski definition) is 1. The first kappa shape index (κ1) is 14.6. The van der Waals surface area contributed by atoms with Crippen molar-refractivity contribution >= 4 is 27.7 Å². The van der Waals surface area contributed by atoms with Gasteiger partial charge in [0.15, 0.2) is 9.84 Å². The molecule has 1 aliphatic rings. The van der Waals surface area contributed by atoms with Crippen LogP contribution in [0.3, 0.4) is 0 Å². The molecule has 0 amide bonds. The summed E-state index contributed by atoms with van der Waals surface area (Å²) >= 11 is 0. The number of sulfone groups is 1. The van der Waals surface area contributed by atoms with Gasteiger partial charge in [0.1, 0.15) is 5.82 Å². The Bertz CT molecular complexity index is 646. The lowest BCUT2D eigenvalue weighted by atomic mass is 10.2. The topological polar surface area (TPSA) is 92.5 Å². The molecule has 110 valence electrons. The Hall–Kier alpha value is -1.83. The molecule has 20 heavy (non-hydrogen) atoms. The van der Waals surface area contributed by atoms with Crippen LogP contribution >= 0.6 is 0 Å². The number of aromatic nitrogens is 2. The fraction of sp³-hybridized carbons (Fsp3) is 0.500. The van der Waals surface area contributed by atoms with Crippen molar-refractivity contribution in [1.29, 1.82) is 0 Å². The minimum Gasteiger partial charge on any atom is -0.478 e. The largest absolute Gasteiger partial charge is 0.478 e. The second kappa shape index (κ2) is 5.28. The van der Waals surface area contributed by atoms with Crippen LogP contribution in [0.25, 0.3) is 6.08 Å². The summed E-state index contributed by atoms with van der Waals surface area (Å²) in [5, 5.41) is 13.0. The molecule has 1 aromatic rings. The summed E-state index contributed by atoms with van der Waals surface area (Å²) in [5.41, 5.74) is 1.43. The van der Waals surface area contributed by atoms with Crippen molar-refractivity contribution < 1.29 is 18.3 Å². The summed E-state index contributed by atoms with van der Waals surface area (Å²) in [6.45, 7) is 2.59. The molecular formula is C12H17N3O4S. The third-order valence-electron chi connectivity index (χ3n) is 3.27. The number of carbonyl (C=O) groups is 1. The number of anilines is 1. The van der Waals surface area contributed by atoms with Crippen molar-refractivity contribution in [2.24, 2.45) is 7.05 Å². The molecule has 0 aromatic carbocycles. The van der Waals surface area contributed by atoms with E-state index in [0.717, 1.165) is 11.9 Å². The summed E-state index contributed by atoms with van der Waals surface area (Å²) in [7, 11) is -1.18. The molecule has 1 saturated heterocycles. The second-order valence-corrected chi connectivity index (χ2v) is 7.06. The van der Waals surface area contributed by atoms with Gasteiger partial charge in [0, 0.05) is 31.8 Å². The predicted octanol–water partition coefficient (Wildman–Crippen LogP) is 0.0611. The number of nitrogens with zero attached hydrogens (tertiary/aromatic N) is 3. The van der Waals surface area contributed by atoms with E-state index < -0.39 is 15.8 Å². The lowest BCUT2D eigenvalue weighted by Crippen LogP contribution is -2.41. The molecule has 0 bridgehead atoms. The summed E-state index contributed by atoms with van der Waals surface area (Å²) in [5.74, 6) is -0.0474. The molecule has 2 rings (SSSR count). The van der Waals surface area contributed by atoms with Crippen molar-refractivity contribution in [1.82, 2.24) is 9.78 Å². The molecule has 7 nitrogen and oxygen atoms in total. The Morgan fingerprint density at radius 1 is 1.35 bits per heavy atom. The highest BCUT2D eigenvalue weighted by molar-refractivity contribution is 7.91. The zero-order valence-corrected chi connectivity index (χ0v) is 12.2. The minimum atomic E-state index is -2.95. The van der Waals surface area contributed by atoms with E-state index in [4.69, 9.17) is 5.11 Å². The van der Waals surface area contributed by atoms with Gasteiger partial charge in [0.25, 0.3) is 0 Å². The Morgan fingerprint density at radius 2 is 1.95 bits per heavy atom. The van der Waals surface area contributed by atoms with Crippen LogP contribution in [-0.2, 0) is 21.7 Å². The summed E-state index contributed by atoms with van der Waals surface area (Å²) < 4.78 is 24.6. The summed E-state index contributed by atoms with van der Waals surface area (Å²) in [4.78, 5) is 12.6. The molecule has 8 heteroatoms. The molecule has 0 unspecified atom stereocenters. The Morgan fingerprint density at radius 3 is 2.50 bits per heavy atom. The standard InChI is InChI=1S/C12H17N3O4S/c1-9-10(3-4-11(16)17)12(14(2)13-9)15-5-7-20(18,19)8-6-15/h3-4H,5-8H2,1-2H3,(H,16,17)/b4-3+. The number of aryl methyl sites for hydroxylation is 2. The van der Waals surface area contributed by atoms with Crippen LogP contribution in [0.15, 0.2) is 6.08 Å². The van der Waals surface area contributed by atoms with Crippen molar-refractivity contribution in [2.75, 3.05) is 29.5 Å². The van der Waals surface area contributed by atoms with Gasteiger partial charge in [-0.15, -0.1) is 0 Å². The lowest BCUT2D eigenvalue weighted by Gasteiger charge is -2.29. The quantitative estimate of drug-likeness (QED) is 0.794. The van der Waals surface area contributed by atoms with Gasteiger partial charge in [0.2, 0.25) is 0 Å². The average Bonchev–Trinajstić information content (AvgIpc) is 2.61. The third kappa shape index (κ3) is 3.01. The Labute approximate surface area is 117 Å². The van der Waals surface area contributed by atoms with E-state index in [1.54, 1.807) is 18.7 Å². The van der Waals surface area contributed by atoms with Gasteiger partial charge in [-0.05, 0) is 13.0 Å². The smallest absolute Gasteiger partial charge is 0.328 e. The zero-order valence-electron chi connectivity index (χ0n) is 11.4. The third-order valence-corrected chi connectivity index (χ3v) is 4.88. The molecule has 0 atom stereocenters. The maximum Gasteiger partial charge on any atom is 0.328 e. The average molecular weight is 299 g/mol. The van der Waals surface area contributed by atoms with Gasteiger partial charge in [-0.1, -0.05) is 0 Å². The van der Waals surface area contributed by atoms with Gasteiger partial charge in [-0.2, -0.15) is 5.10 Å². The van der Waals surface area contributed by atoms with Gasteiger partial charge >= 0.3 is 5.97 Å². The van der Waals surface area contributed by atoms with Crippen LogP contribution < -0.4 is 4.90 Å². The van der Waals surface area contributed by atoms with Crippen LogP contribution in [0.4, 0.5) is 5.82 Å². The minimum absolute atomic E-state index is 0.110. The van der Waals surface area contributed by atoms with E-state index in [1.807, 2.05) is 4.90 Å². The van der Waals surface area contributed by atoms with Crippen molar-refractivity contribution in [2.45, 2.75) is 6.92 Å². The van der Waals surface area contributed by atoms with Crippen LogP contribution in [0, 0.1) is 6.92 Å². The zero-order chi connectivity index (χ0) is 14.9. The predicted molar refractivity (Wildman–Crippen MR) is 75.5 cm³/mol. The number of hydrogen-bond acceptors (Lipinski definition) is 5. The molecule has 0 radical (unpaired) electrons. The first-order chi connectivity index (χ1) is 9.30. The molecule has 1 aromatic heterocycles. The fourth-order valence-corrected chi connectivity index (χ4v) is 3.51. The molecule has 0 spiro atoms. The first-order valence-electron chi connectivity index (χ1n) is 6.20. The molecular weight excluding hydrogens is 282 g/mol. The molecule has 1 N–H and O–H groups in total. The number of carboxylic acids is 1. The van der Waals surface area contributed by atoms with Crippen molar-refractivity contribution in [3.8, 4) is 0 Å². The monoisotopic (exact) mass is 299 g/mol. The van der Waals surface area contributed by atoms with E-state index in [2.05, 4.69) is 5.10 Å². The fourth-order valence-electron chi connectivity index (χ4n) is 2.31. The van der Waals surface area contributed by atoms with Crippen molar-refractivity contribution in [3.63, 3.8) is 0 Å². The molecule has 1 fully saturated rings. The Balaban J connectivity index is 2.34. The van der Waals surface area contributed by atoms with E-state index >= 15 is 0 Å². The SMILES string of the molecule is Cc1nn(C)c(N2CCS(=O)(=O)CC2)c1/C=C/C(=O)O. The summed E-state index contributed by atoms with van der Waals surface area (Å²) in [6, 6.07) is 0. The van der Waals surface area contributed by atoms with Gasteiger partial charge in [-0.3, -0.25) is 4.68 Å². The van der Waals surface area contributed by atoms with E-state index in [-0.39, 0.29) is 11.5 Å².